The van der Waals surface area contributed by atoms with Gasteiger partial charge in [-0.25, -0.2) is 0 Å². The summed E-state index contributed by atoms with van der Waals surface area (Å²) >= 11 is 3.63. The van der Waals surface area contributed by atoms with Gasteiger partial charge in [0.05, 0.1) is 6.20 Å². The van der Waals surface area contributed by atoms with E-state index in [0.29, 0.717) is 4.83 Å². The Hall–Kier alpha value is -0.310. The quantitative estimate of drug-likeness (QED) is 0.729. The van der Waals surface area contributed by atoms with E-state index < -0.39 is 0 Å². The summed E-state index contributed by atoms with van der Waals surface area (Å²) in [5.74, 6) is 0. The summed E-state index contributed by atoms with van der Waals surface area (Å²) in [6.07, 6.45) is 8.91. The van der Waals surface area contributed by atoms with Crippen LogP contribution in [0.4, 0.5) is 0 Å². The number of hydrogen-bond acceptors (Lipinski definition) is 1. The Morgan fingerprint density at radius 2 is 2.38 bits per heavy atom. The first-order chi connectivity index (χ1) is 6.22. The molecule has 0 radical (unpaired) electrons. The van der Waals surface area contributed by atoms with Crippen molar-refractivity contribution in [2.75, 3.05) is 0 Å². The van der Waals surface area contributed by atoms with Gasteiger partial charge in [-0.15, -0.1) is 0 Å². The molecule has 0 spiro atoms. The molecular formula is C10H17BrN2. The summed E-state index contributed by atoms with van der Waals surface area (Å²) in [6.45, 7) is 2.21. The first-order valence-corrected chi connectivity index (χ1v) is 5.75. The lowest BCUT2D eigenvalue weighted by Gasteiger charge is -2.04. The monoisotopic (exact) mass is 244 g/mol. The zero-order chi connectivity index (χ0) is 9.68. The van der Waals surface area contributed by atoms with Crippen LogP contribution in [0.2, 0.25) is 0 Å². The second-order valence-corrected chi connectivity index (χ2v) is 4.71. The van der Waals surface area contributed by atoms with E-state index in [1.54, 1.807) is 0 Å². The van der Waals surface area contributed by atoms with Crippen LogP contribution in [-0.4, -0.2) is 14.6 Å². The second kappa shape index (κ2) is 5.43. The van der Waals surface area contributed by atoms with Gasteiger partial charge in [0.25, 0.3) is 0 Å². The van der Waals surface area contributed by atoms with Crippen LogP contribution >= 0.6 is 15.9 Å². The summed E-state index contributed by atoms with van der Waals surface area (Å²) in [5, 5.41) is 4.14. The van der Waals surface area contributed by atoms with Crippen LogP contribution in [0.3, 0.4) is 0 Å². The summed E-state index contributed by atoms with van der Waals surface area (Å²) in [6, 6.07) is 0. The molecule has 0 amide bonds. The van der Waals surface area contributed by atoms with Crippen molar-refractivity contribution in [3.05, 3.63) is 18.0 Å². The average molecular weight is 245 g/mol. The van der Waals surface area contributed by atoms with Crippen molar-refractivity contribution in [3.8, 4) is 0 Å². The molecular weight excluding hydrogens is 228 g/mol. The minimum atomic E-state index is 0.684. The predicted octanol–water partition coefficient (Wildman–Crippen LogP) is 2.92. The number of rotatable bonds is 5. The molecule has 3 heteroatoms. The van der Waals surface area contributed by atoms with Crippen molar-refractivity contribution in [1.29, 1.82) is 0 Å². The van der Waals surface area contributed by atoms with Gasteiger partial charge in [0.1, 0.15) is 0 Å². The molecule has 1 heterocycles. The number of aryl methyl sites for hydroxylation is 2. The Morgan fingerprint density at radius 1 is 1.62 bits per heavy atom. The fourth-order valence-corrected chi connectivity index (χ4v) is 1.66. The van der Waals surface area contributed by atoms with E-state index in [1.807, 2.05) is 17.9 Å². The SMILES string of the molecule is CCC(Br)CCCc1cnn(C)c1. The molecule has 0 N–H and O–H groups in total. The number of halogens is 1. The van der Waals surface area contributed by atoms with Crippen LogP contribution in [0.5, 0.6) is 0 Å². The highest BCUT2D eigenvalue weighted by atomic mass is 79.9. The lowest BCUT2D eigenvalue weighted by molar-refractivity contribution is 0.689. The van der Waals surface area contributed by atoms with Gasteiger partial charge >= 0.3 is 0 Å². The van der Waals surface area contributed by atoms with E-state index in [2.05, 4.69) is 34.1 Å². The topological polar surface area (TPSA) is 17.8 Å². The van der Waals surface area contributed by atoms with E-state index in [4.69, 9.17) is 0 Å². The third-order valence-electron chi connectivity index (χ3n) is 2.18. The molecule has 0 saturated heterocycles. The molecule has 1 aromatic rings. The van der Waals surface area contributed by atoms with Crippen molar-refractivity contribution in [2.24, 2.45) is 7.05 Å². The highest BCUT2D eigenvalue weighted by molar-refractivity contribution is 9.09. The van der Waals surface area contributed by atoms with Crippen molar-refractivity contribution in [3.63, 3.8) is 0 Å². The van der Waals surface area contributed by atoms with E-state index in [0.717, 1.165) is 6.42 Å². The van der Waals surface area contributed by atoms with E-state index in [-0.39, 0.29) is 0 Å². The van der Waals surface area contributed by atoms with Gasteiger partial charge in [-0.1, -0.05) is 22.9 Å². The molecule has 0 bridgehead atoms. The van der Waals surface area contributed by atoms with E-state index in [1.165, 1.54) is 24.8 Å². The summed E-state index contributed by atoms with van der Waals surface area (Å²) < 4.78 is 1.86. The molecule has 2 nitrogen and oxygen atoms in total. The predicted molar refractivity (Wildman–Crippen MR) is 59.2 cm³/mol. The second-order valence-electron chi connectivity index (χ2n) is 3.42. The van der Waals surface area contributed by atoms with Crippen LogP contribution in [0.15, 0.2) is 12.4 Å². The molecule has 0 aliphatic carbocycles. The van der Waals surface area contributed by atoms with Gasteiger partial charge in [-0.2, -0.15) is 5.10 Å². The Morgan fingerprint density at radius 3 is 2.92 bits per heavy atom. The highest BCUT2D eigenvalue weighted by Gasteiger charge is 2.01. The molecule has 1 rings (SSSR count). The highest BCUT2D eigenvalue weighted by Crippen LogP contribution is 2.13. The number of aromatic nitrogens is 2. The van der Waals surface area contributed by atoms with Gasteiger partial charge in [0, 0.05) is 18.1 Å². The first-order valence-electron chi connectivity index (χ1n) is 4.84. The minimum absolute atomic E-state index is 0.684. The molecule has 0 aliphatic heterocycles. The fourth-order valence-electron chi connectivity index (χ4n) is 1.33. The minimum Gasteiger partial charge on any atom is -0.276 e. The lowest BCUT2D eigenvalue weighted by atomic mass is 10.1. The molecule has 0 aromatic carbocycles. The average Bonchev–Trinajstić information content (AvgIpc) is 2.51. The van der Waals surface area contributed by atoms with Gasteiger partial charge in [0.15, 0.2) is 0 Å². The Kier molecular flexibility index (Phi) is 4.50. The Labute approximate surface area is 88.5 Å². The van der Waals surface area contributed by atoms with Crippen molar-refractivity contribution >= 4 is 15.9 Å². The number of alkyl halides is 1. The maximum absolute atomic E-state index is 4.14. The van der Waals surface area contributed by atoms with Crippen LogP contribution in [0.25, 0.3) is 0 Å². The Bertz CT molecular complexity index is 245. The third kappa shape index (κ3) is 3.94. The standard InChI is InChI=1S/C10H17BrN2/c1-3-10(11)6-4-5-9-7-12-13(2)8-9/h7-8,10H,3-6H2,1-2H3. The van der Waals surface area contributed by atoms with E-state index in [9.17, 15) is 0 Å². The third-order valence-corrected chi connectivity index (χ3v) is 3.29. The van der Waals surface area contributed by atoms with Gasteiger partial charge in [-0.3, -0.25) is 4.68 Å². The molecule has 74 valence electrons. The largest absolute Gasteiger partial charge is 0.276 e. The molecule has 1 atom stereocenters. The maximum Gasteiger partial charge on any atom is 0.0521 e. The normalized spacial score (nSPS) is 13.2. The first kappa shape index (κ1) is 10.8. The maximum atomic E-state index is 4.14. The summed E-state index contributed by atoms with van der Waals surface area (Å²) in [7, 11) is 1.96. The van der Waals surface area contributed by atoms with Crippen LogP contribution in [0.1, 0.15) is 31.7 Å². The zero-order valence-electron chi connectivity index (χ0n) is 8.33. The molecule has 0 fully saturated rings. The zero-order valence-corrected chi connectivity index (χ0v) is 9.92. The molecule has 1 aromatic heterocycles. The number of hydrogen-bond donors (Lipinski definition) is 0. The van der Waals surface area contributed by atoms with Crippen LogP contribution < -0.4 is 0 Å². The van der Waals surface area contributed by atoms with Crippen LogP contribution in [-0.2, 0) is 13.5 Å². The molecule has 1 unspecified atom stereocenters. The fraction of sp³-hybridized carbons (Fsp3) is 0.700. The van der Waals surface area contributed by atoms with Gasteiger partial charge < -0.3 is 0 Å². The van der Waals surface area contributed by atoms with Gasteiger partial charge in [-0.05, 0) is 31.2 Å². The van der Waals surface area contributed by atoms with E-state index >= 15 is 0 Å². The molecule has 13 heavy (non-hydrogen) atoms. The molecule has 0 saturated carbocycles. The van der Waals surface area contributed by atoms with Crippen molar-refractivity contribution in [1.82, 2.24) is 9.78 Å². The van der Waals surface area contributed by atoms with Crippen molar-refractivity contribution in [2.45, 2.75) is 37.4 Å². The summed E-state index contributed by atoms with van der Waals surface area (Å²) in [5.41, 5.74) is 1.35. The number of nitrogens with zero attached hydrogens (tertiary/aromatic N) is 2. The lowest BCUT2D eigenvalue weighted by Crippen LogP contribution is -1.95. The Balaban J connectivity index is 2.20. The smallest absolute Gasteiger partial charge is 0.0521 e. The summed E-state index contributed by atoms with van der Waals surface area (Å²) in [4.78, 5) is 0.684. The molecule has 0 aliphatic rings. The van der Waals surface area contributed by atoms with Crippen molar-refractivity contribution < 1.29 is 0 Å². The van der Waals surface area contributed by atoms with Gasteiger partial charge in [0.2, 0.25) is 0 Å². The van der Waals surface area contributed by atoms with Crippen LogP contribution in [0, 0.1) is 0 Å².